The topological polar surface area (TPSA) is 109 Å². The van der Waals surface area contributed by atoms with Crippen LogP contribution >= 0.6 is 0 Å². The van der Waals surface area contributed by atoms with E-state index in [1.165, 1.54) is 0 Å². The average molecular weight is 307 g/mol. The van der Waals surface area contributed by atoms with E-state index in [1.807, 2.05) is 12.1 Å². The highest BCUT2D eigenvalue weighted by Crippen LogP contribution is 2.14. The largest absolute Gasteiger partial charge is 0.390 e. The van der Waals surface area contributed by atoms with Crippen molar-refractivity contribution in [3.8, 4) is 0 Å². The van der Waals surface area contributed by atoms with Gasteiger partial charge in [0.1, 0.15) is 5.82 Å². The third-order valence-electron chi connectivity index (χ3n) is 3.74. The number of aromatic nitrogens is 1. The molecule has 1 aliphatic rings. The number of nitrogen functional groups attached to an aromatic ring is 1. The maximum absolute atomic E-state index is 12.3. The lowest BCUT2D eigenvalue weighted by Crippen LogP contribution is -2.53. The minimum absolute atomic E-state index is 0.144. The number of carbonyl (C=O) groups excluding carboxylic acids is 1. The maximum atomic E-state index is 12.3. The molecule has 1 fully saturated rings. The van der Waals surface area contributed by atoms with Gasteiger partial charge < -0.3 is 21.5 Å². The first kappa shape index (κ1) is 16.7. The van der Waals surface area contributed by atoms with Crippen LogP contribution in [0.4, 0.5) is 5.82 Å². The van der Waals surface area contributed by atoms with E-state index in [2.05, 4.69) is 9.88 Å². The molecule has 22 heavy (non-hydrogen) atoms. The lowest BCUT2D eigenvalue weighted by Gasteiger charge is -2.28. The van der Waals surface area contributed by atoms with Gasteiger partial charge in [0, 0.05) is 44.5 Å². The van der Waals surface area contributed by atoms with Crippen LogP contribution in [0.5, 0.6) is 0 Å². The molecule has 1 atom stereocenters. The van der Waals surface area contributed by atoms with Gasteiger partial charge in [-0.1, -0.05) is 6.07 Å². The van der Waals surface area contributed by atoms with E-state index < -0.39 is 11.6 Å². The van der Waals surface area contributed by atoms with E-state index in [0.717, 1.165) is 5.56 Å². The van der Waals surface area contributed by atoms with Crippen molar-refractivity contribution in [3.05, 3.63) is 23.9 Å². The summed E-state index contributed by atoms with van der Waals surface area (Å²) >= 11 is 0. The first-order valence-electron chi connectivity index (χ1n) is 7.45. The Morgan fingerprint density at radius 1 is 1.45 bits per heavy atom. The van der Waals surface area contributed by atoms with E-state index in [9.17, 15) is 9.90 Å². The minimum Gasteiger partial charge on any atom is -0.390 e. The molecule has 1 aromatic heterocycles. The highest BCUT2D eigenvalue weighted by molar-refractivity contribution is 5.85. The van der Waals surface area contributed by atoms with Crippen LogP contribution in [0.25, 0.3) is 0 Å². The summed E-state index contributed by atoms with van der Waals surface area (Å²) in [6.45, 7) is 5.96. The van der Waals surface area contributed by atoms with Crippen LogP contribution in [-0.2, 0) is 11.3 Å². The van der Waals surface area contributed by atoms with Crippen LogP contribution in [-0.4, -0.2) is 63.6 Å². The molecule has 1 saturated heterocycles. The number of rotatable bonds is 3. The highest BCUT2D eigenvalue weighted by atomic mass is 16.3. The molecule has 0 spiro atoms. The normalized spacial score (nSPS) is 20.7. The molecule has 7 nitrogen and oxygen atoms in total. The molecular formula is C15H25N5O2. The van der Waals surface area contributed by atoms with Crippen molar-refractivity contribution in [2.45, 2.75) is 32.0 Å². The Kier molecular flexibility index (Phi) is 5.00. The lowest BCUT2D eigenvalue weighted by atomic mass is 10.1. The van der Waals surface area contributed by atoms with Crippen molar-refractivity contribution in [1.29, 1.82) is 0 Å². The van der Waals surface area contributed by atoms with Crippen LogP contribution in [0, 0.1) is 0 Å². The molecule has 0 saturated carbocycles. The second kappa shape index (κ2) is 6.60. The maximum Gasteiger partial charge on any atom is 0.242 e. The van der Waals surface area contributed by atoms with E-state index >= 15 is 0 Å². The van der Waals surface area contributed by atoms with Crippen molar-refractivity contribution in [2.24, 2.45) is 5.73 Å². The monoisotopic (exact) mass is 307 g/mol. The number of pyridine rings is 1. The number of anilines is 1. The number of aliphatic hydroxyl groups excluding tert-OH is 1. The number of aliphatic hydroxyl groups is 1. The fourth-order valence-corrected chi connectivity index (χ4v) is 2.62. The number of nitrogens with zero attached hydrogens (tertiary/aromatic N) is 3. The minimum atomic E-state index is -0.928. The summed E-state index contributed by atoms with van der Waals surface area (Å²) in [7, 11) is 0. The van der Waals surface area contributed by atoms with Crippen molar-refractivity contribution in [2.75, 3.05) is 31.9 Å². The molecule has 0 aromatic carbocycles. The number of hydrogen-bond acceptors (Lipinski definition) is 6. The van der Waals surface area contributed by atoms with Gasteiger partial charge in [-0.05, 0) is 19.9 Å². The molecule has 1 aromatic rings. The molecule has 0 aliphatic carbocycles. The summed E-state index contributed by atoms with van der Waals surface area (Å²) < 4.78 is 0. The number of amides is 1. The van der Waals surface area contributed by atoms with Crippen molar-refractivity contribution >= 4 is 11.7 Å². The second-order valence-corrected chi connectivity index (χ2v) is 6.41. The van der Waals surface area contributed by atoms with Gasteiger partial charge in [-0.25, -0.2) is 4.98 Å². The zero-order chi connectivity index (χ0) is 16.3. The van der Waals surface area contributed by atoms with Gasteiger partial charge in [0.15, 0.2) is 0 Å². The van der Waals surface area contributed by atoms with Crippen LogP contribution in [0.1, 0.15) is 19.4 Å². The van der Waals surface area contributed by atoms with Crippen LogP contribution in [0.3, 0.4) is 0 Å². The molecular weight excluding hydrogens is 282 g/mol. The Bertz CT molecular complexity index is 529. The smallest absolute Gasteiger partial charge is 0.242 e. The van der Waals surface area contributed by atoms with E-state index in [1.54, 1.807) is 24.9 Å². The molecule has 2 heterocycles. The Hall–Kier alpha value is -1.70. The van der Waals surface area contributed by atoms with E-state index in [0.29, 0.717) is 38.5 Å². The number of carbonyl (C=O) groups is 1. The van der Waals surface area contributed by atoms with Crippen molar-refractivity contribution in [3.63, 3.8) is 0 Å². The molecule has 5 N–H and O–H groups in total. The Morgan fingerprint density at radius 3 is 2.82 bits per heavy atom. The fourth-order valence-electron chi connectivity index (χ4n) is 2.62. The summed E-state index contributed by atoms with van der Waals surface area (Å²) in [6, 6.07) is 3.76. The fraction of sp³-hybridized carbons (Fsp3) is 0.600. The van der Waals surface area contributed by atoms with Gasteiger partial charge in [-0.3, -0.25) is 9.69 Å². The Balaban J connectivity index is 2.03. The second-order valence-electron chi connectivity index (χ2n) is 6.41. The zero-order valence-electron chi connectivity index (χ0n) is 13.2. The van der Waals surface area contributed by atoms with Gasteiger partial charge in [0.05, 0.1) is 11.6 Å². The summed E-state index contributed by atoms with van der Waals surface area (Å²) in [4.78, 5) is 20.1. The van der Waals surface area contributed by atoms with Gasteiger partial charge in [0.25, 0.3) is 0 Å². The first-order valence-corrected chi connectivity index (χ1v) is 7.45. The molecule has 1 amide bonds. The SMILES string of the molecule is CC(C)(N)C(=O)N1CCN(Cc2cccnc2N)C[C@@H](O)C1. The molecule has 7 heteroatoms. The predicted molar refractivity (Wildman–Crippen MR) is 84.8 cm³/mol. The third kappa shape index (κ3) is 4.16. The summed E-state index contributed by atoms with van der Waals surface area (Å²) in [5.41, 5.74) is 11.7. The molecule has 0 bridgehead atoms. The zero-order valence-corrected chi connectivity index (χ0v) is 13.2. The van der Waals surface area contributed by atoms with E-state index in [4.69, 9.17) is 11.5 Å². The Morgan fingerprint density at radius 2 is 2.18 bits per heavy atom. The van der Waals surface area contributed by atoms with Crippen molar-refractivity contribution in [1.82, 2.24) is 14.8 Å². The quantitative estimate of drug-likeness (QED) is 0.688. The molecule has 0 radical (unpaired) electrons. The Labute approximate surface area is 130 Å². The third-order valence-corrected chi connectivity index (χ3v) is 3.74. The molecule has 122 valence electrons. The number of β-amino-alcohol motifs (C(OH)–C–C–N with tert-alkyl or cyclic N) is 1. The lowest BCUT2D eigenvalue weighted by molar-refractivity contribution is -0.136. The summed E-state index contributed by atoms with van der Waals surface area (Å²) in [5.74, 6) is 0.353. The highest BCUT2D eigenvalue weighted by Gasteiger charge is 2.31. The van der Waals surface area contributed by atoms with Crippen LogP contribution in [0.15, 0.2) is 18.3 Å². The molecule has 2 rings (SSSR count). The van der Waals surface area contributed by atoms with Crippen molar-refractivity contribution < 1.29 is 9.90 Å². The van der Waals surface area contributed by atoms with Gasteiger partial charge >= 0.3 is 0 Å². The van der Waals surface area contributed by atoms with Gasteiger partial charge in [0.2, 0.25) is 5.91 Å². The number of hydrogen-bond donors (Lipinski definition) is 3. The van der Waals surface area contributed by atoms with Crippen LogP contribution < -0.4 is 11.5 Å². The van der Waals surface area contributed by atoms with Gasteiger partial charge in [-0.2, -0.15) is 0 Å². The summed E-state index contributed by atoms with van der Waals surface area (Å²) in [6.07, 6.45) is 1.05. The molecule has 0 unspecified atom stereocenters. The first-order chi connectivity index (χ1) is 10.3. The standard InChI is InChI=1S/C15H25N5O2/c1-15(2,17)14(22)20-7-6-19(9-12(21)10-20)8-11-4-3-5-18-13(11)16/h3-5,12,21H,6-10,17H2,1-2H3,(H2,16,18)/t12-/m1/s1. The average Bonchev–Trinajstić information content (AvgIpc) is 2.61. The van der Waals surface area contributed by atoms with Gasteiger partial charge in [-0.15, -0.1) is 0 Å². The molecule has 1 aliphatic heterocycles. The van der Waals surface area contributed by atoms with E-state index in [-0.39, 0.29) is 5.91 Å². The number of nitrogens with two attached hydrogens (primary N) is 2. The summed E-state index contributed by atoms with van der Waals surface area (Å²) in [5, 5.41) is 10.2. The van der Waals surface area contributed by atoms with Crippen LogP contribution in [0.2, 0.25) is 0 Å². The predicted octanol–water partition coefficient (Wildman–Crippen LogP) is -0.594.